The molecule has 1 atom stereocenters. The molecule has 0 aliphatic carbocycles. The average molecular weight is 373 g/mol. The number of rotatable bonds is 3. The van der Waals surface area contributed by atoms with E-state index in [9.17, 15) is 9.59 Å². The molecule has 1 fully saturated rings. The van der Waals surface area contributed by atoms with Crippen LogP contribution >= 0.6 is 0 Å². The lowest BCUT2D eigenvalue weighted by atomic mass is 10.0. The molecule has 1 N–H and O–H groups in total. The standard InChI is InChI=1S/C19H27N5O3/c1-5-12-8-15-20-16-14(17(25)24(15)21-12)11-22(18(16)26)9-13-10-23(6-7-27-13)19(2,3)4/h8,13,21H,5-7,9-11H2,1-4H3/t13-/m0/s1. The summed E-state index contributed by atoms with van der Waals surface area (Å²) >= 11 is 0. The van der Waals surface area contributed by atoms with Crippen LogP contribution in [0.1, 0.15) is 49.4 Å². The molecule has 27 heavy (non-hydrogen) atoms. The lowest BCUT2D eigenvalue weighted by Crippen LogP contribution is -2.54. The highest BCUT2D eigenvalue weighted by Crippen LogP contribution is 2.22. The summed E-state index contributed by atoms with van der Waals surface area (Å²) in [4.78, 5) is 34.2. The van der Waals surface area contributed by atoms with E-state index in [2.05, 4.69) is 35.8 Å². The molecule has 0 unspecified atom stereocenters. The Morgan fingerprint density at radius 3 is 2.81 bits per heavy atom. The topological polar surface area (TPSA) is 82.9 Å². The van der Waals surface area contributed by atoms with Gasteiger partial charge in [-0.25, -0.2) is 9.50 Å². The van der Waals surface area contributed by atoms with Crippen molar-refractivity contribution in [3.8, 4) is 0 Å². The fraction of sp³-hybridized carbons (Fsp3) is 0.632. The highest BCUT2D eigenvalue weighted by molar-refractivity contribution is 5.96. The Bertz CT molecular complexity index is 939. The Balaban J connectivity index is 1.55. The van der Waals surface area contributed by atoms with Crippen molar-refractivity contribution in [3.63, 3.8) is 0 Å². The molecule has 2 aromatic heterocycles. The Morgan fingerprint density at radius 1 is 1.33 bits per heavy atom. The number of carbonyl (C=O) groups excluding carboxylic acids is 1. The summed E-state index contributed by atoms with van der Waals surface area (Å²) in [5.74, 6) is -0.180. The number of aryl methyl sites for hydroxylation is 1. The molecule has 0 spiro atoms. The number of hydrogen-bond acceptors (Lipinski definition) is 5. The van der Waals surface area contributed by atoms with Crippen LogP contribution < -0.4 is 5.56 Å². The summed E-state index contributed by atoms with van der Waals surface area (Å²) in [6.07, 6.45) is 0.715. The molecular weight excluding hydrogens is 346 g/mol. The van der Waals surface area contributed by atoms with Gasteiger partial charge in [0.2, 0.25) is 0 Å². The predicted molar refractivity (Wildman–Crippen MR) is 101 cm³/mol. The molecule has 8 nitrogen and oxygen atoms in total. The minimum absolute atomic E-state index is 0.0597. The molecule has 8 heteroatoms. The molecule has 4 heterocycles. The van der Waals surface area contributed by atoms with Crippen molar-refractivity contribution >= 4 is 11.6 Å². The Labute approximate surface area is 158 Å². The number of carbonyl (C=O) groups is 1. The molecule has 146 valence electrons. The number of morpholine rings is 1. The van der Waals surface area contributed by atoms with Gasteiger partial charge < -0.3 is 9.64 Å². The molecule has 0 radical (unpaired) electrons. The van der Waals surface area contributed by atoms with E-state index in [1.807, 2.05) is 13.0 Å². The number of H-pyrrole nitrogens is 1. The minimum atomic E-state index is -0.188. The van der Waals surface area contributed by atoms with Crippen molar-refractivity contribution in [2.45, 2.75) is 52.3 Å². The number of ether oxygens (including phenoxy) is 1. The van der Waals surface area contributed by atoms with Gasteiger partial charge in [-0.15, -0.1) is 0 Å². The van der Waals surface area contributed by atoms with Gasteiger partial charge in [0.15, 0.2) is 5.65 Å². The van der Waals surface area contributed by atoms with Crippen molar-refractivity contribution in [2.75, 3.05) is 26.2 Å². The summed E-state index contributed by atoms with van der Waals surface area (Å²) in [5, 5.41) is 3.06. The summed E-state index contributed by atoms with van der Waals surface area (Å²) in [7, 11) is 0. The van der Waals surface area contributed by atoms with Gasteiger partial charge in [0.1, 0.15) is 5.69 Å². The Morgan fingerprint density at radius 2 is 2.11 bits per heavy atom. The van der Waals surface area contributed by atoms with Crippen molar-refractivity contribution in [2.24, 2.45) is 0 Å². The van der Waals surface area contributed by atoms with E-state index in [1.165, 1.54) is 4.52 Å². The van der Waals surface area contributed by atoms with Gasteiger partial charge in [-0.1, -0.05) is 6.92 Å². The van der Waals surface area contributed by atoms with Gasteiger partial charge in [0, 0.05) is 36.9 Å². The normalized spacial score (nSPS) is 21.3. The first-order chi connectivity index (χ1) is 12.8. The van der Waals surface area contributed by atoms with E-state index in [0.717, 1.165) is 25.2 Å². The number of fused-ring (bicyclic) bond motifs is 2. The zero-order valence-electron chi connectivity index (χ0n) is 16.4. The fourth-order valence-corrected chi connectivity index (χ4v) is 3.85. The maximum atomic E-state index is 12.9. The van der Waals surface area contributed by atoms with Gasteiger partial charge in [-0.3, -0.25) is 19.6 Å². The van der Waals surface area contributed by atoms with Crippen LogP contribution in [-0.2, 0) is 17.7 Å². The first kappa shape index (κ1) is 18.2. The number of hydrogen-bond donors (Lipinski definition) is 1. The highest BCUT2D eigenvalue weighted by atomic mass is 16.5. The Hall–Kier alpha value is -2.19. The highest BCUT2D eigenvalue weighted by Gasteiger charge is 2.36. The number of nitrogens with one attached hydrogen (secondary N) is 1. The van der Waals surface area contributed by atoms with Gasteiger partial charge in [-0.2, -0.15) is 0 Å². The van der Waals surface area contributed by atoms with E-state index in [0.29, 0.717) is 30.9 Å². The van der Waals surface area contributed by atoms with Crippen molar-refractivity contribution in [1.29, 1.82) is 0 Å². The maximum absolute atomic E-state index is 12.9. The number of aromatic amines is 1. The number of amides is 1. The molecule has 1 amide bonds. The molecule has 4 rings (SSSR count). The number of nitrogens with zero attached hydrogens (tertiary/aromatic N) is 4. The van der Waals surface area contributed by atoms with E-state index in [-0.39, 0.29) is 28.8 Å². The van der Waals surface area contributed by atoms with Gasteiger partial charge in [0.25, 0.3) is 11.5 Å². The molecule has 2 aromatic rings. The van der Waals surface area contributed by atoms with Crippen molar-refractivity contribution < 1.29 is 9.53 Å². The molecule has 0 bridgehead atoms. The summed E-state index contributed by atoms with van der Waals surface area (Å²) in [5.41, 5.74) is 2.04. The third-order valence-corrected chi connectivity index (χ3v) is 5.49. The summed E-state index contributed by atoms with van der Waals surface area (Å²) in [6.45, 7) is 11.6. The van der Waals surface area contributed by atoms with E-state index in [4.69, 9.17) is 4.74 Å². The van der Waals surface area contributed by atoms with Gasteiger partial charge in [-0.05, 0) is 27.2 Å². The van der Waals surface area contributed by atoms with Crippen LogP contribution in [0.3, 0.4) is 0 Å². The average Bonchev–Trinajstić information content (AvgIpc) is 3.18. The zero-order valence-corrected chi connectivity index (χ0v) is 16.4. The van der Waals surface area contributed by atoms with E-state index in [1.54, 1.807) is 4.90 Å². The van der Waals surface area contributed by atoms with Crippen LogP contribution in [0.15, 0.2) is 10.9 Å². The predicted octanol–water partition coefficient (Wildman–Crippen LogP) is 1.04. The molecule has 2 aliphatic heterocycles. The molecule has 2 aliphatic rings. The molecule has 0 saturated carbocycles. The van der Waals surface area contributed by atoms with Crippen LogP contribution in [0.5, 0.6) is 0 Å². The third-order valence-electron chi connectivity index (χ3n) is 5.49. The zero-order chi connectivity index (χ0) is 19.3. The van der Waals surface area contributed by atoms with Crippen molar-refractivity contribution in [3.05, 3.63) is 33.4 Å². The molecule has 1 saturated heterocycles. The van der Waals surface area contributed by atoms with Crippen LogP contribution in [0.2, 0.25) is 0 Å². The SMILES string of the molecule is CCc1cc2nc3c(c(=O)n2[nH]1)CN(C[C@H]1CN(C(C)(C)C)CCO1)C3=O. The minimum Gasteiger partial charge on any atom is -0.374 e. The molecular formula is C19H27N5O3. The van der Waals surface area contributed by atoms with Crippen LogP contribution in [-0.4, -0.2) is 68.2 Å². The largest absolute Gasteiger partial charge is 0.374 e. The monoisotopic (exact) mass is 373 g/mol. The first-order valence-corrected chi connectivity index (χ1v) is 9.57. The van der Waals surface area contributed by atoms with Crippen molar-refractivity contribution in [1.82, 2.24) is 24.4 Å². The second-order valence-corrected chi connectivity index (χ2v) is 8.37. The maximum Gasteiger partial charge on any atom is 0.278 e. The molecule has 0 aromatic carbocycles. The van der Waals surface area contributed by atoms with Gasteiger partial charge >= 0.3 is 0 Å². The second-order valence-electron chi connectivity index (χ2n) is 8.37. The van der Waals surface area contributed by atoms with E-state index >= 15 is 0 Å². The first-order valence-electron chi connectivity index (χ1n) is 9.57. The van der Waals surface area contributed by atoms with Crippen LogP contribution in [0.4, 0.5) is 0 Å². The van der Waals surface area contributed by atoms with Crippen LogP contribution in [0, 0.1) is 0 Å². The summed E-state index contributed by atoms with van der Waals surface area (Å²) < 4.78 is 7.33. The van der Waals surface area contributed by atoms with Crippen LogP contribution in [0.25, 0.3) is 5.65 Å². The summed E-state index contributed by atoms with van der Waals surface area (Å²) in [6, 6.07) is 1.82. The second kappa shape index (κ2) is 6.45. The lowest BCUT2D eigenvalue weighted by molar-refractivity contribution is -0.0663. The third kappa shape index (κ3) is 3.17. The van der Waals surface area contributed by atoms with Gasteiger partial charge in [0.05, 0.1) is 24.8 Å². The smallest absolute Gasteiger partial charge is 0.278 e. The van der Waals surface area contributed by atoms with E-state index < -0.39 is 0 Å². The Kier molecular flexibility index (Phi) is 4.35. The number of aromatic nitrogens is 3. The lowest BCUT2D eigenvalue weighted by Gasteiger charge is -2.42. The quantitative estimate of drug-likeness (QED) is 0.869. The fourth-order valence-electron chi connectivity index (χ4n) is 3.85.